The van der Waals surface area contributed by atoms with Crippen molar-refractivity contribution in [2.75, 3.05) is 0 Å². The molecule has 0 fully saturated rings. The van der Waals surface area contributed by atoms with E-state index in [1.165, 1.54) is 12.1 Å². The number of aromatic nitrogens is 1. The van der Waals surface area contributed by atoms with Crippen LogP contribution in [0.5, 0.6) is 0 Å². The minimum atomic E-state index is -1.24. The van der Waals surface area contributed by atoms with E-state index in [0.717, 1.165) is 38.8 Å². The molecule has 0 amide bonds. The number of aliphatic imine (C=N–C) groups is 1. The lowest BCUT2D eigenvalue weighted by atomic mass is 9.93. The van der Waals surface area contributed by atoms with Crippen molar-refractivity contribution in [3.8, 4) is 16.8 Å². The van der Waals surface area contributed by atoms with Gasteiger partial charge < -0.3 is 14.8 Å². The molecule has 5 rings (SSSR count). The summed E-state index contributed by atoms with van der Waals surface area (Å²) in [6.07, 6.45) is 1.84. The van der Waals surface area contributed by atoms with Crippen LogP contribution in [0.3, 0.4) is 0 Å². The van der Waals surface area contributed by atoms with Gasteiger partial charge in [0.2, 0.25) is 0 Å². The minimum Gasteiger partial charge on any atom is -0.478 e. The zero-order valence-electron chi connectivity index (χ0n) is 17.6. The quantitative estimate of drug-likeness (QED) is 0.464. The average Bonchev–Trinajstić information content (AvgIpc) is 3.34. The maximum Gasteiger partial charge on any atom is 0.335 e. The molecule has 5 nitrogen and oxygen atoms in total. The first kappa shape index (κ1) is 20.2. The summed E-state index contributed by atoms with van der Waals surface area (Å²) in [5.41, 5.74) is 4.85. The highest BCUT2D eigenvalue weighted by Gasteiger charge is 2.31. The number of halogens is 1. The molecule has 6 heteroatoms. The summed E-state index contributed by atoms with van der Waals surface area (Å²) in [7, 11) is 0. The Balaban J connectivity index is 1.90. The largest absolute Gasteiger partial charge is 0.478 e. The second-order valence-corrected chi connectivity index (χ2v) is 8.51. The van der Waals surface area contributed by atoms with Gasteiger partial charge >= 0.3 is 5.97 Å². The molecular weight excluding hydrogens is 407 g/mol. The summed E-state index contributed by atoms with van der Waals surface area (Å²) < 4.78 is 15.6. The van der Waals surface area contributed by atoms with E-state index in [2.05, 4.69) is 11.1 Å². The van der Waals surface area contributed by atoms with Crippen LogP contribution in [-0.4, -0.2) is 27.0 Å². The molecule has 0 bridgehead atoms. The third kappa shape index (κ3) is 3.20. The van der Waals surface area contributed by atoms with Crippen LogP contribution in [0.2, 0.25) is 0 Å². The fraction of sp³-hybridized carbons (Fsp3) is 0.154. The van der Waals surface area contributed by atoms with Gasteiger partial charge in [-0.3, -0.25) is 4.99 Å². The topological polar surface area (TPSA) is 74.8 Å². The van der Waals surface area contributed by atoms with Crippen LogP contribution in [-0.2, 0) is 12.1 Å². The molecule has 160 valence electrons. The van der Waals surface area contributed by atoms with Gasteiger partial charge in [0.15, 0.2) is 0 Å². The van der Waals surface area contributed by atoms with Crippen molar-refractivity contribution in [3.05, 3.63) is 88.9 Å². The number of aromatic carboxylic acids is 1. The predicted molar refractivity (Wildman–Crippen MR) is 122 cm³/mol. The van der Waals surface area contributed by atoms with E-state index in [9.17, 15) is 19.4 Å². The van der Waals surface area contributed by atoms with Crippen molar-refractivity contribution in [1.82, 2.24) is 4.57 Å². The van der Waals surface area contributed by atoms with Gasteiger partial charge in [0.25, 0.3) is 0 Å². The van der Waals surface area contributed by atoms with E-state index < -0.39 is 11.6 Å². The minimum absolute atomic E-state index is 0.190. The summed E-state index contributed by atoms with van der Waals surface area (Å²) in [4.78, 5) is 15.7. The molecular formula is C26H21FN2O3. The normalized spacial score (nSPS) is 13.0. The highest BCUT2D eigenvalue weighted by Crippen LogP contribution is 2.43. The van der Waals surface area contributed by atoms with Crippen molar-refractivity contribution in [2.24, 2.45) is 4.99 Å². The predicted octanol–water partition coefficient (Wildman–Crippen LogP) is 5.29. The Morgan fingerprint density at radius 3 is 2.38 bits per heavy atom. The lowest BCUT2D eigenvalue weighted by Gasteiger charge is -2.23. The van der Waals surface area contributed by atoms with Crippen LogP contribution < -0.4 is 0 Å². The van der Waals surface area contributed by atoms with E-state index in [0.29, 0.717) is 12.2 Å². The Bertz CT molecular complexity index is 1390. The lowest BCUT2D eigenvalue weighted by molar-refractivity contribution is 0.0695. The molecule has 4 aromatic rings. The number of carboxylic acids is 1. The Morgan fingerprint density at radius 2 is 1.75 bits per heavy atom. The standard InChI is InChI=1S/C26H21FN2O3/c1-26(2,32)24-23(15-3-5-16(6-4-15)25(30)31)21-11-17-13-28-14-18(17)12-22(21)29(24)20-9-7-19(27)8-10-20/h3-12,14,32H,13H2,1-2H3,(H,30,31). The maximum atomic E-state index is 13.7. The molecule has 3 aromatic carbocycles. The van der Waals surface area contributed by atoms with Crippen molar-refractivity contribution in [2.45, 2.75) is 26.0 Å². The number of fused-ring (bicyclic) bond motifs is 2. The van der Waals surface area contributed by atoms with Gasteiger partial charge in [-0.2, -0.15) is 0 Å². The number of hydrogen-bond acceptors (Lipinski definition) is 3. The van der Waals surface area contributed by atoms with Crippen LogP contribution in [0.15, 0.2) is 65.7 Å². The second-order valence-electron chi connectivity index (χ2n) is 8.51. The van der Waals surface area contributed by atoms with Crippen LogP contribution in [0, 0.1) is 5.82 Å². The smallest absolute Gasteiger partial charge is 0.335 e. The first-order chi connectivity index (χ1) is 15.2. The van der Waals surface area contributed by atoms with Crippen molar-refractivity contribution in [3.63, 3.8) is 0 Å². The summed E-state index contributed by atoms with van der Waals surface area (Å²) in [5, 5.41) is 21.5. The third-order valence-electron chi connectivity index (χ3n) is 5.81. The number of rotatable bonds is 4. The Labute approximate surface area is 184 Å². The number of nitrogens with zero attached hydrogens (tertiary/aromatic N) is 2. The van der Waals surface area contributed by atoms with Crippen molar-refractivity contribution in [1.29, 1.82) is 0 Å². The zero-order chi connectivity index (χ0) is 22.6. The van der Waals surface area contributed by atoms with E-state index in [1.54, 1.807) is 50.2 Å². The summed E-state index contributed by atoms with van der Waals surface area (Å²) in [6.45, 7) is 4.01. The van der Waals surface area contributed by atoms with E-state index in [-0.39, 0.29) is 11.4 Å². The number of carboxylic acid groups (broad SMARTS) is 1. The molecule has 0 unspecified atom stereocenters. The van der Waals surface area contributed by atoms with E-state index in [1.807, 2.05) is 16.8 Å². The van der Waals surface area contributed by atoms with Crippen LogP contribution in [0.1, 0.15) is 41.0 Å². The highest BCUT2D eigenvalue weighted by molar-refractivity contribution is 6.03. The third-order valence-corrected chi connectivity index (χ3v) is 5.81. The Hall–Kier alpha value is -3.77. The van der Waals surface area contributed by atoms with Gasteiger partial charge in [-0.05, 0) is 79.1 Å². The van der Waals surface area contributed by atoms with Gasteiger partial charge in [-0.1, -0.05) is 12.1 Å². The van der Waals surface area contributed by atoms with Crippen LogP contribution >= 0.6 is 0 Å². The molecule has 0 saturated heterocycles. The fourth-order valence-electron chi connectivity index (χ4n) is 4.40. The molecule has 0 saturated carbocycles. The highest BCUT2D eigenvalue weighted by atomic mass is 19.1. The molecule has 2 heterocycles. The van der Waals surface area contributed by atoms with E-state index in [4.69, 9.17) is 0 Å². The number of aliphatic hydroxyl groups is 1. The van der Waals surface area contributed by atoms with Crippen molar-refractivity contribution >= 4 is 23.1 Å². The molecule has 2 N–H and O–H groups in total. The fourth-order valence-corrected chi connectivity index (χ4v) is 4.40. The SMILES string of the molecule is CC(C)(O)c1c(-c2ccc(C(=O)O)cc2)c2cc3c(cc2n1-c1ccc(F)cc1)C=NC3. The van der Waals surface area contributed by atoms with Crippen molar-refractivity contribution < 1.29 is 19.4 Å². The molecule has 0 atom stereocenters. The lowest BCUT2D eigenvalue weighted by Crippen LogP contribution is -2.21. The molecule has 0 radical (unpaired) electrons. The summed E-state index contributed by atoms with van der Waals surface area (Å²) in [5.74, 6) is -1.34. The maximum absolute atomic E-state index is 13.7. The molecule has 1 aromatic heterocycles. The number of carbonyl (C=O) groups is 1. The zero-order valence-corrected chi connectivity index (χ0v) is 17.6. The average molecular weight is 428 g/mol. The second kappa shape index (κ2) is 7.14. The first-order valence-corrected chi connectivity index (χ1v) is 10.3. The first-order valence-electron chi connectivity index (χ1n) is 10.3. The molecule has 0 aliphatic carbocycles. The van der Waals surface area contributed by atoms with Gasteiger partial charge in [-0.15, -0.1) is 0 Å². The molecule has 1 aliphatic heterocycles. The molecule has 32 heavy (non-hydrogen) atoms. The van der Waals surface area contributed by atoms with Gasteiger partial charge in [0.05, 0.1) is 28.9 Å². The van der Waals surface area contributed by atoms with Crippen LogP contribution in [0.4, 0.5) is 4.39 Å². The Kier molecular flexibility index (Phi) is 4.50. The van der Waals surface area contributed by atoms with Gasteiger partial charge in [0.1, 0.15) is 5.82 Å². The van der Waals surface area contributed by atoms with Crippen LogP contribution in [0.25, 0.3) is 27.7 Å². The van der Waals surface area contributed by atoms with Gasteiger partial charge in [0, 0.05) is 22.9 Å². The number of hydrogen-bond donors (Lipinski definition) is 2. The Morgan fingerprint density at radius 1 is 1.06 bits per heavy atom. The summed E-state index contributed by atoms with van der Waals surface area (Å²) >= 11 is 0. The van der Waals surface area contributed by atoms with Gasteiger partial charge in [-0.25, -0.2) is 9.18 Å². The molecule has 1 aliphatic rings. The summed E-state index contributed by atoms with van der Waals surface area (Å²) in [6, 6.07) is 16.9. The monoisotopic (exact) mass is 428 g/mol. The molecule has 0 spiro atoms. The van der Waals surface area contributed by atoms with E-state index >= 15 is 0 Å². The number of benzene rings is 3.